The molecular formula is C14H21ClOSi. The first-order valence-corrected chi connectivity index (χ1v) is 9.71. The van der Waals surface area contributed by atoms with E-state index in [1.165, 1.54) is 5.19 Å². The first kappa shape index (κ1) is 14.5. The molecular weight excluding hydrogens is 248 g/mol. The van der Waals surface area contributed by atoms with Crippen LogP contribution in [0, 0.1) is 0 Å². The van der Waals surface area contributed by atoms with Gasteiger partial charge in [-0.05, 0) is 24.6 Å². The fraction of sp³-hybridized carbons (Fsp3) is 0.429. The van der Waals surface area contributed by atoms with Crippen molar-refractivity contribution < 1.29 is 4.74 Å². The van der Waals surface area contributed by atoms with Crippen molar-refractivity contribution in [1.82, 2.24) is 0 Å². The van der Waals surface area contributed by atoms with Gasteiger partial charge in [-0.25, -0.2) is 0 Å². The van der Waals surface area contributed by atoms with E-state index in [1.807, 2.05) is 13.0 Å². The van der Waals surface area contributed by atoms with Crippen molar-refractivity contribution in [2.75, 3.05) is 13.2 Å². The van der Waals surface area contributed by atoms with E-state index >= 15 is 0 Å². The maximum absolute atomic E-state index is 6.67. The molecule has 1 rings (SSSR count). The molecule has 0 spiro atoms. The molecule has 0 saturated heterocycles. The zero-order valence-electron chi connectivity index (χ0n) is 10.7. The average molecular weight is 269 g/mol. The molecule has 0 radical (unpaired) electrons. The summed E-state index contributed by atoms with van der Waals surface area (Å²) in [7, 11) is -1.79. The summed E-state index contributed by atoms with van der Waals surface area (Å²) in [5.74, 6) is 0. The lowest BCUT2D eigenvalue weighted by Crippen LogP contribution is -2.38. The lowest BCUT2D eigenvalue weighted by Gasteiger charge is -2.19. The first-order valence-electron chi connectivity index (χ1n) is 5.99. The van der Waals surface area contributed by atoms with Gasteiger partial charge < -0.3 is 4.74 Å². The number of ether oxygens (including phenoxy) is 1. The van der Waals surface area contributed by atoms with Crippen LogP contribution in [-0.4, -0.2) is 20.6 Å². The summed E-state index contributed by atoms with van der Waals surface area (Å²) in [6, 6.07) is 11.5. The van der Waals surface area contributed by atoms with Crippen molar-refractivity contribution >= 4 is 23.6 Å². The van der Waals surface area contributed by atoms with E-state index in [-0.39, 0.29) is 0 Å². The first-order chi connectivity index (χ1) is 8.02. The zero-order chi connectivity index (χ0) is 12.7. The second-order valence-electron chi connectivity index (χ2n) is 4.68. The SMILES string of the molecule is C=C(C)COCCC[Si](C)(Cl)c1ccccc1. The Balaban J connectivity index is 2.33. The Hall–Kier alpha value is -0.573. The van der Waals surface area contributed by atoms with Crippen LogP contribution in [0.1, 0.15) is 13.3 Å². The third-order valence-corrected chi connectivity index (χ3v) is 6.71. The lowest BCUT2D eigenvalue weighted by atomic mass is 10.4. The predicted molar refractivity (Wildman–Crippen MR) is 78.6 cm³/mol. The minimum atomic E-state index is -1.79. The molecule has 0 heterocycles. The van der Waals surface area contributed by atoms with E-state index in [1.54, 1.807) is 0 Å². The molecule has 94 valence electrons. The maximum atomic E-state index is 6.67. The van der Waals surface area contributed by atoms with Gasteiger partial charge in [0, 0.05) is 6.61 Å². The second kappa shape index (κ2) is 6.99. The summed E-state index contributed by atoms with van der Waals surface area (Å²) >= 11 is 6.67. The average Bonchev–Trinajstić information content (AvgIpc) is 2.29. The Kier molecular flexibility index (Phi) is 5.96. The number of hydrogen-bond acceptors (Lipinski definition) is 1. The second-order valence-corrected chi connectivity index (χ2v) is 10.7. The van der Waals surface area contributed by atoms with E-state index in [2.05, 4.69) is 37.4 Å². The summed E-state index contributed by atoms with van der Waals surface area (Å²) in [5, 5.41) is 1.31. The van der Waals surface area contributed by atoms with Crippen molar-refractivity contribution in [3.8, 4) is 0 Å². The Morgan fingerprint density at radius 3 is 2.59 bits per heavy atom. The molecule has 1 unspecified atom stereocenters. The summed E-state index contributed by atoms with van der Waals surface area (Å²) < 4.78 is 5.49. The fourth-order valence-corrected chi connectivity index (χ4v) is 4.45. The van der Waals surface area contributed by atoms with Gasteiger partial charge in [-0.3, -0.25) is 0 Å². The molecule has 0 aromatic heterocycles. The number of benzene rings is 1. The standard InChI is InChI=1S/C14H21ClOSi/c1-13(2)12-16-10-7-11-17(3,15)14-8-5-4-6-9-14/h4-6,8-9H,1,7,10-12H2,2-3H3. The minimum Gasteiger partial charge on any atom is -0.377 e. The molecule has 0 aliphatic heterocycles. The zero-order valence-corrected chi connectivity index (χ0v) is 12.5. The lowest BCUT2D eigenvalue weighted by molar-refractivity contribution is 0.157. The van der Waals surface area contributed by atoms with Gasteiger partial charge in [-0.1, -0.05) is 49.0 Å². The van der Waals surface area contributed by atoms with Gasteiger partial charge in [0.05, 0.1) is 6.61 Å². The fourth-order valence-electron chi connectivity index (χ4n) is 1.68. The summed E-state index contributed by atoms with van der Waals surface area (Å²) in [4.78, 5) is 0. The van der Waals surface area contributed by atoms with Gasteiger partial charge in [-0.2, -0.15) is 11.1 Å². The Bertz CT molecular complexity index is 348. The molecule has 1 nitrogen and oxygen atoms in total. The smallest absolute Gasteiger partial charge is 0.183 e. The maximum Gasteiger partial charge on any atom is 0.183 e. The predicted octanol–water partition coefficient (Wildman–Crippen LogP) is 3.69. The highest BCUT2D eigenvalue weighted by molar-refractivity contribution is 7.26. The van der Waals surface area contributed by atoms with Crippen LogP contribution >= 0.6 is 11.1 Å². The van der Waals surface area contributed by atoms with E-state index in [4.69, 9.17) is 15.8 Å². The monoisotopic (exact) mass is 268 g/mol. The molecule has 0 fully saturated rings. The van der Waals surface area contributed by atoms with Gasteiger partial charge in [0.25, 0.3) is 0 Å². The number of halogens is 1. The van der Waals surface area contributed by atoms with Crippen LogP contribution in [0.5, 0.6) is 0 Å². The highest BCUT2D eigenvalue weighted by Crippen LogP contribution is 2.17. The molecule has 1 atom stereocenters. The molecule has 0 saturated carbocycles. The quantitative estimate of drug-likeness (QED) is 0.317. The minimum absolute atomic E-state index is 0.659. The van der Waals surface area contributed by atoms with E-state index in [0.29, 0.717) is 6.61 Å². The molecule has 0 aliphatic carbocycles. The summed E-state index contributed by atoms with van der Waals surface area (Å²) in [6.45, 7) is 9.41. The van der Waals surface area contributed by atoms with Crippen LogP contribution in [0.25, 0.3) is 0 Å². The molecule has 0 N–H and O–H groups in total. The van der Waals surface area contributed by atoms with Crippen molar-refractivity contribution in [3.63, 3.8) is 0 Å². The highest BCUT2D eigenvalue weighted by atomic mass is 35.6. The van der Waals surface area contributed by atoms with Gasteiger partial charge in [0.1, 0.15) is 0 Å². The van der Waals surface area contributed by atoms with E-state index in [9.17, 15) is 0 Å². The molecule has 3 heteroatoms. The van der Waals surface area contributed by atoms with Crippen molar-refractivity contribution in [2.24, 2.45) is 0 Å². The molecule has 0 bridgehead atoms. The third-order valence-electron chi connectivity index (χ3n) is 2.66. The van der Waals surface area contributed by atoms with Crippen molar-refractivity contribution in [2.45, 2.75) is 25.9 Å². The van der Waals surface area contributed by atoms with Gasteiger partial charge in [0.2, 0.25) is 0 Å². The van der Waals surface area contributed by atoms with Gasteiger partial charge in [-0.15, -0.1) is 0 Å². The van der Waals surface area contributed by atoms with Crippen molar-refractivity contribution in [1.29, 1.82) is 0 Å². The molecule has 17 heavy (non-hydrogen) atoms. The van der Waals surface area contributed by atoms with Crippen molar-refractivity contribution in [3.05, 3.63) is 42.5 Å². The van der Waals surface area contributed by atoms with Crippen LogP contribution in [-0.2, 0) is 4.74 Å². The highest BCUT2D eigenvalue weighted by Gasteiger charge is 2.25. The molecule has 1 aromatic rings. The topological polar surface area (TPSA) is 9.23 Å². The van der Waals surface area contributed by atoms with E-state index in [0.717, 1.165) is 24.6 Å². The van der Waals surface area contributed by atoms with Crippen LogP contribution in [0.4, 0.5) is 0 Å². The van der Waals surface area contributed by atoms with Gasteiger partial charge in [0.15, 0.2) is 7.38 Å². The normalized spacial score (nSPS) is 14.3. The van der Waals surface area contributed by atoms with Crippen LogP contribution in [0.15, 0.2) is 42.5 Å². The third kappa shape index (κ3) is 5.53. The number of rotatable bonds is 7. The Morgan fingerprint density at radius 2 is 2.00 bits per heavy atom. The van der Waals surface area contributed by atoms with E-state index < -0.39 is 7.38 Å². The van der Waals surface area contributed by atoms with Gasteiger partial charge >= 0.3 is 0 Å². The van der Waals surface area contributed by atoms with Crippen LogP contribution in [0.3, 0.4) is 0 Å². The summed E-state index contributed by atoms with van der Waals surface area (Å²) in [5.41, 5.74) is 1.07. The molecule has 0 aliphatic rings. The van der Waals surface area contributed by atoms with Crippen LogP contribution in [0.2, 0.25) is 12.6 Å². The number of hydrogen-bond donors (Lipinski definition) is 0. The largest absolute Gasteiger partial charge is 0.377 e. The summed E-state index contributed by atoms with van der Waals surface area (Å²) in [6.07, 6.45) is 1.02. The van der Waals surface area contributed by atoms with Crippen LogP contribution < -0.4 is 5.19 Å². The Morgan fingerprint density at radius 1 is 1.35 bits per heavy atom. The molecule has 0 amide bonds. The molecule has 1 aromatic carbocycles. The Labute approximate surface area is 110 Å².